The summed E-state index contributed by atoms with van der Waals surface area (Å²) in [5, 5.41) is 8.64. The number of aliphatic carboxylic acids is 1. The van der Waals surface area contributed by atoms with Crippen molar-refractivity contribution in [3.8, 4) is 0 Å². The van der Waals surface area contributed by atoms with Crippen LogP contribution in [-0.2, 0) is 4.79 Å². The van der Waals surface area contributed by atoms with Gasteiger partial charge in [-0.15, -0.1) is 6.58 Å². The SMILES string of the molecule is C=C[C@@H]1[C@H](C(=O)O)C1(C)C. The molecule has 0 saturated heterocycles. The Bertz CT molecular complexity index is 182. The number of rotatable bonds is 2. The van der Waals surface area contributed by atoms with Crippen LogP contribution in [0, 0.1) is 17.3 Å². The predicted molar refractivity (Wildman–Crippen MR) is 38.6 cm³/mol. The number of hydrogen-bond donors (Lipinski definition) is 1. The fraction of sp³-hybridized carbons (Fsp3) is 0.625. The molecule has 2 heteroatoms. The van der Waals surface area contributed by atoms with E-state index < -0.39 is 5.97 Å². The maximum atomic E-state index is 10.5. The number of carboxylic acids is 1. The van der Waals surface area contributed by atoms with Crippen LogP contribution < -0.4 is 0 Å². The molecule has 56 valence electrons. The number of allylic oxidation sites excluding steroid dienone is 1. The minimum absolute atomic E-state index is 0.0619. The van der Waals surface area contributed by atoms with E-state index in [1.165, 1.54) is 0 Å². The summed E-state index contributed by atoms with van der Waals surface area (Å²) in [5.74, 6) is -0.732. The molecule has 1 saturated carbocycles. The van der Waals surface area contributed by atoms with E-state index in [1.807, 2.05) is 13.8 Å². The average Bonchev–Trinajstić information content (AvgIpc) is 2.33. The highest BCUT2D eigenvalue weighted by atomic mass is 16.4. The molecular weight excluding hydrogens is 128 g/mol. The lowest BCUT2D eigenvalue weighted by atomic mass is 10.1. The Kier molecular flexibility index (Phi) is 1.35. The predicted octanol–water partition coefficient (Wildman–Crippen LogP) is 1.53. The monoisotopic (exact) mass is 140 g/mol. The summed E-state index contributed by atoms with van der Waals surface area (Å²) in [6.45, 7) is 7.50. The Morgan fingerprint density at radius 1 is 1.70 bits per heavy atom. The molecule has 0 aliphatic heterocycles. The van der Waals surface area contributed by atoms with Gasteiger partial charge in [-0.25, -0.2) is 0 Å². The summed E-state index contributed by atoms with van der Waals surface area (Å²) < 4.78 is 0. The smallest absolute Gasteiger partial charge is 0.307 e. The first kappa shape index (κ1) is 7.32. The van der Waals surface area contributed by atoms with E-state index in [1.54, 1.807) is 6.08 Å². The second-order valence-electron chi connectivity index (χ2n) is 3.40. The maximum absolute atomic E-state index is 10.5. The highest BCUT2D eigenvalue weighted by Gasteiger charge is 2.60. The van der Waals surface area contributed by atoms with Gasteiger partial charge in [0.05, 0.1) is 5.92 Å². The summed E-state index contributed by atoms with van der Waals surface area (Å²) in [6.07, 6.45) is 1.73. The highest BCUT2D eigenvalue weighted by Crippen LogP contribution is 2.58. The van der Waals surface area contributed by atoms with Gasteiger partial charge in [0.2, 0.25) is 0 Å². The first-order valence-corrected chi connectivity index (χ1v) is 3.37. The second-order valence-corrected chi connectivity index (χ2v) is 3.40. The minimum atomic E-state index is -0.699. The molecule has 1 aliphatic rings. The van der Waals surface area contributed by atoms with Gasteiger partial charge in [0, 0.05) is 0 Å². The van der Waals surface area contributed by atoms with Crippen molar-refractivity contribution in [1.29, 1.82) is 0 Å². The topological polar surface area (TPSA) is 37.3 Å². The molecule has 0 radical (unpaired) electrons. The van der Waals surface area contributed by atoms with Gasteiger partial charge >= 0.3 is 5.97 Å². The third-order valence-corrected chi connectivity index (χ3v) is 2.43. The number of carboxylic acid groups (broad SMARTS) is 1. The number of carbonyl (C=O) groups is 1. The van der Waals surface area contributed by atoms with E-state index in [-0.39, 0.29) is 17.3 Å². The van der Waals surface area contributed by atoms with E-state index >= 15 is 0 Å². The van der Waals surface area contributed by atoms with Crippen molar-refractivity contribution in [3.05, 3.63) is 12.7 Å². The molecule has 1 fully saturated rings. The summed E-state index contributed by atoms with van der Waals surface area (Å²) in [7, 11) is 0. The fourth-order valence-electron chi connectivity index (χ4n) is 1.59. The van der Waals surface area contributed by atoms with Crippen LogP contribution in [0.3, 0.4) is 0 Å². The highest BCUT2D eigenvalue weighted by molar-refractivity contribution is 5.76. The second kappa shape index (κ2) is 1.84. The van der Waals surface area contributed by atoms with Crippen LogP contribution in [0.5, 0.6) is 0 Å². The maximum Gasteiger partial charge on any atom is 0.307 e. The molecule has 0 aromatic carbocycles. The van der Waals surface area contributed by atoms with Crippen molar-refractivity contribution >= 4 is 5.97 Å². The Labute approximate surface area is 60.6 Å². The van der Waals surface area contributed by atoms with Gasteiger partial charge in [0.15, 0.2) is 0 Å². The summed E-state index contributed by atoms with van der Waals surface area (Å²) in [4.78, 5) is 10.5. The van der Waals surface area contributed by atoms with E-state index in [0.717, 1.165) is 0 Å². The van der Waals surface area contributed by atoms with E-state index in [4.69, 9.17) is 5.11 Å². The van der Waals surface area contributed by atoms with Crippen LogP contribution in [0.1, 0.15) is 13.8 Å². The van der Waals surface area contributed by atoms with Crippen molar-refractivity contribution in [2.45, 2.75) is 13.8 Å². The molecule has 0 aromatic rings. The van der Waals surface area contributed by atoms with Crippen molar-refractivity contribution in [1.82, 2.24) is 0 Å². The normalized spacial score (nSPS) is 35.0. The molecule has 0 unspecified atom stereocenters. The molecular formula is C8H12O2. The Morgan fingerprint density at radius 2 is 2.20 bits per heavy atom. The fourth-order valence-corrected chi connectivity index (χ4v) is 1.59. The van der Waals surface area contributed by atoms with Gasteiger partial charge < -0.3 is 5.11 Å². The zero-order valence-corrected chi connectivity index (χ0v) is 6.29. The molecule has 0 spiro atoms. The summed E-state index contributed by atoms with van der Waals surface area (Å²) in [6, 6.07) is 0. The lowest BCUT2D eigenvalue weighted by molar-refractivity contribution is -0.139. The van der Waals surface area contributed by atoms with Crippen LogP contribution in [0.15, 0.2) is 12.7 Å². The largest absolute Gasteiger partial charge is 0.481 e. The third kappa shape index (κ3) is 0.753. The van der Waals surface area contributed by atoms with Crippen molar-refractivity contribution in [2.24, 2.45) is 17.3 Å². The van der Waals surface area contributed by atoms with Crippen molar-refractivity contribution in [2.75, 3.05) is 0 Å². The molecule has 1 N–H and O–H groups in total. The van der Waals surface area contributed by atoms with Gasteiger partial charge in [0.1, 0.15) is 0 Å². The quantitative estimate of drug-likeness (QED) is 0.590. The first-order valence-electron chi connectivity index (χ1n) is 3.37. The zero-order valence-electron chi connectivity index (χ0n) is 6.29. The van der Waals surface area contributed by atoms with Crippen LogP contribution in [0.25, 0.3) is 0 Å². The van der Waals surface area contributed by atoms with Crippen LogP contribution >= 0.6 is 0 Å². The lowest BCUT2D eigenvalue weighted by Crippen LogP contribution is -2.02. The summed E-state index contributed by atoms with van der Waals surface area (Å²) in [5.41, 5.74) is -0.0619. The van der Waals surface area contributed by atoms with E-state index in [9.17, 15) is 4.79 Å². The average molecular weight is 140 g/mol. The van der Waals surface area contributed by atoms with Crippen LogP contribution in [0.4, 0.5) is 0 Å². The van der Waals surface area contributed by atoms with Crippen molar-refractivity contribution < 1.29 is 9.90 Å². The number of hydrogen-bond acceptors (Lipinski definition) is 1. The third-order valence-electron chi connectivity index (χ3n) is 2.43. The first-order chi connectivity index (χ1) is 4.51. The molecule has 1 rings (SSSR count). The standard InChI is InChI=1S/C8H12O2/c1-4-5-6(7(9)10)8(5,2)3/h4-6H,1H2,2-3H3,(H,9,10)/t5-,6-/m1/s1. The zero-order chi connectivity index (χ0) is 7.94. The molecule has 1 aliphatic carbocycles. The molecule has 0 bridgehead atoms. The van der Waals surface area contributed by atoms with Gasteiger partial charge in [0.25, 0.3) is 0 Å². The van der Waals surface area contributed by atoms with Gasteiger partial charge in [-0.3, -0.25) is 4.79 Å². The molecule has 0 amide bonds. The van der Waals surface area contributed by atoms with Gasteiger partial charge in [-0.05, 0) is 11.3 Å². The molecule has 2 nitrogen and oxygen atoms in total. The van der Waals surface area contributed by atoms with Crippen molar-refractivity contribution in [3.63, 3.8) is 0 Å². The minimum Gasteiger partial charge on any atom is -0.481 e. The van der Waals surface area contributed by atoms with E-state index in [0.29, 0.717) is 0 Å². The van der Waals surface area contributed by atoms with Gasteiger partial charge in [-0.2, -0.15) is 0 Å². The van der Waals surface area contributed by atoms with Gasteiger partial charge in [-0.1, -0.05) is 19.9 Å². The molecule has 0 aromatic heterocycles. The van der Waals surface area contributed by atoms with E-state index in [2.05, 4.69) is 6.58 Å². The molecule has 2 atom stereocenters. The molecule has 0 heterocycles. The van der Waals surface area contributed by atoms with Crippen LogP contribution in [0.2, 0.25) is 0 Å². The Hall–Kier alpha value is -0.790. The Balaban J connectivity index is 2.70. The lowest BCUT2D eigenvalue weighted by Gasteiger charge is -1.95. The Morgan fingerprint density at radius 3 is 2.30 bits per heavy atom. The molecule has 10 heavy (non-hydrogen) atoms. The summed E-state index contributed by atoms with van der Waals surface area (Å²) >= 11 is 0. The van der Waals surface area contributed by atoms with Crippen LogP contribution in [-0.4, -0.2) is 11.1 Å².